The van der Waals surface area contributed by atoms with E-state index in [9.17, 15) is 9.18 Å². The lowest BCUT2D eigenvalue weighted by atomic mass is 10.2. The lowest BCUT2D eigenvalue weighted by molar-refractivity contribution is 0.0691. The summed E-state index contributed by atoms with van der Waals surface area (Å²) < 4.78 is 20.6. The van der Waals surface area contributed by atoms with Crippen LogP contribution in [0.3, 0.4) is 0 Å². The number of nitrogens with zero attached hydrogens (tertiary/aromatic N) is 2. The van der Waals surface area contributed by atoms with Crippen LogP contribution in [0.5, 0.6) is 5.75 Å². The Kier molecular flexibility index (Phi) is 3.79. The fraction of sp³-hybridized carbons (Fsp3) is 0.231. The van der Waals surface area contributed by atoms with Crippen LogP contribution in [0, 0.1) is 12.7 Å². The van der Waals surface area contributed by atoms with Gasteiger partial charge in [-0.1, -0.05) is 6.07 Å². The van der Waals surface area contributed by atoms with E-state index in [1.54, 1.807) is 12.4 Å². The Hall–Kier alpha value is -2.37. The molecule has 0 atom stereocenters. The van der Waals surface area contributed by atoms with Gasteiger partial charge >= 0.3 is 5.97 Å². The highest BCUT2D eigenvalue weighted by molar-refractivity contribution is 5.90. The van der Waals surface area contributed by atoms with Crippen molar-refractivity contribution in [3.63, 3.8) is 0 Å². The van der Waals surface area contributed by atoms with Crippen LogP contribution in [-0.2, 0) is 6.54 Å². The summed E-state index contributed by atoms with van der Waals surface area (Å²) >= 11 is 0. The summed E-state index contributed by atoms with van der Waals surface area (Å²) in [6, 6.07) is 3.82. The number of para-hydroxylation sites is 1. The predicted octanol–water partition coefficient (Wildman–Crippen LogP) is 2.11. The van der Waals surface area contributed by atoms with E-state index >= 15 is 0 Å². The van der Waals surface area contributed by atoms with Crippen molar-refractivity contribution < 1.29 is 19.0 Å². The first-order valence-electron chi connectivity index (χ1n) is 5.72. The van der Waals surface area contributed by atoms with E-state index in [0.717, 1.165) is 5.82 Å². The van der Waals surface area contributed by atoms with Gasteiger partial charge in [-0.25, -0.2) is 14.2 Å². The third-order valence-corrected chi connectivity index (χ3v) is 2.70. The van der Waals surface area contributed by atoms with Gasteiger partial charge < -0.3 is 14.4 Å². The molecule has 0 aliphatic heterocycles. The van der Waals surface area contributed by atoms with E-state index in [0.29, 0.717) is 6.54 Å². The fourth-order valence-corrected chi connectivity index (χ4v) is 1.71. The zero-order valence-corrected chi connectivity index (χ0v) is 10.3. The molecule has 1 aromatic carbocycles. The molecule has 0 spiro atoms. The number of carbonyl (C=O) groups is 1. The number of aryl methyl sites for hydroxylation is 1. The van der Waals surface area contributed by atoms with Crippen molar-refractivity contribution in [2.45, 2.75) is 13.5 Å². The van der Waals surface area contributed by atoms with E-state index in [1.807, 2.05) is 11.5 Å². The van der Waals surface area contributed by atoms with Gasteiger partial charge in [0.15, 0.2) is 11.6 Å². The second-order valence-corrected chi connectivity index (χ2v) is 3.94. The van der Waals surface area contributed by atoms with Gasteiger partial charge in [-0.2, -0.15) is 0 Å². The minimum atomic E-state index is -1.21. The second-order valence-electron chi connectivity index (χ2n) is 3.94. The molecule has 0 amide bonds. The molecule has 5 nitrogen and oxygen atoms in total. The average molecular weight is 264 g/mol. The van der Waals surface area contributed by atoms with Crippen LogP contribution < -0.4 is 4.74 Å². The Labute approximate surface area is 109 Å². The van der Waals surface area contributed by atoms with Gasteiger partial charge in [-0.3, -0.25) is 0 Å². The topological polar surface area (TPSA) is 64.4 Å². The minimum absolute atomic E-state index is 0.165. The van der Waals surface area contributed by atoms with Crippen LogP contribution in [0.2, 0.25) is 0 Å². The van der Waals surface area contributed by atoms with Gasteiger partial charge in [-0.15, -0.1) is 0 Å². The first-order chi connectivity index (χ1) is 9.09. The molecule has 1 aromatic heterocycles. The second kappa shape index (κ2) is 5.51. The van der Waals surface area contributed by atoms with Gasteiger partial charge in [0.25, 0.3) is 0 Å². The molecule has 0 bridgehead atoms. The molecule has 0 radical (unpaired) electrons. The molecule has 19 heavy (non-hydrogen) atoms. The fourth-order valence-electron chi connectivity index (χ4n) is 1.71. The number of aromatic carboxylic acids is 1. The SMILES string of the molecule is Cc1nccn1CCOc1c(F)cccc1C(=O)O. The summed E-state index contributed by atoms with van der Waals surface area (Å²) in [4.78, 5) is 15.0. The number of rotatable bonds is 5. The standard InChI is InChI=1S/C13H13FN2O3/c1-9-15-5-6-16(9)7-8-19-12-10(13(17)18)3-2-4-11(12)14/h2-6H,7-8H2,1H3,(H,17,18). The van der Waals surface area contributed by atoms with Gasteiger partial charge in [0.2, 0.25) is 0 Å². The molecule has 0 saturated heterocycles. The zero-order valence-electron chi connectivity index (χ0n) is 10.3. The van der Waals surface area contributed by atoms with Crippen molar-refractivity contribution in [1.29, 1.82) is 0 Å². The summed E-state index contributed by atoms with van der Waals surface area (Å²) in [5, 5.41) is 8.96. The monoisotopic (exact) mass is 264 g/mol. The van der Waals surface area contributed by atoms with Gasteiger partial charge in [0, 0.05) is 12.4 Å². The van der Waals surface area contributed by atoms with E-state index in [2.05, 4.69) is 4.98 Å². The maximum atomic E-state index is 13.5. The van der Waals surface area contributed by atoms with Crippen molar-refractivity contribution >= 4 is 5.97 Å². The van der Waals surface area contributed by atoms with E-state index in [-0.39, 0.29) is 17.9 Å². The molecule has 6 heteroatoms. The molecule has 0 unspecified atom stereocenters. The Bertz CT molecular complexity index is 595. The summed E-state index contributed by atoms with van der Waals surface area (Å²) in [6.07, 6.45) is 3.43. The Balaban J connectivity index is 2.07. The summed E-state index contributed by atoms with van der Waals surface area (Å²) in [5.74, 6) is -1.31. The minimum Gasteiger partial charge on any atom is -0.488 e. The molecule has 100 valence electrons. The lowest BCUT2D eigenvalue weighted by Crippen LogP contribution is -2.12. The van der Waals surface area contributed by atoms with Crippen LogP contribution in [-0.4, -0.2) is 27.2 Å². The summed E-state index contributed by atoms with van der Waals surface area (Å²) in [5.41, 5.74) is -0.178. The predicted molar refractivity (Wildman–Crippen MR) is 65.8 cm³/mol. The van der Waals surface area contributed by atoms with Crippen molar-refractivity contribution in [1.82, 2.24) is 9.55 Å². The lowest BCUT2D eigenvalue weighted by Gasteiger charge is -2.11. The maximum Gasteiger partial charge on any atom is 0.339 e. The van der Waals surface area contributed by atoms with E-state index in [4.69, 9.17) is 9.84 Å². The van der Waals surface area contributed by atoms with Gasteiger partial charge in [0.1, 0.15) is 18.0 Å². The van der Waals surface area contributed by atoms with E-state index < -0.39 is 11.8 Å². The van der Waals surface area contributed by atoms with Crippen LogP contribution in [0.4, 0.5) is 4.39 Å². The molecular formula is C13H13FN2O3. The number of imidazole rings is 1. The largest absolute Gasteiger partial charge is 0.488 e. The molecule has 0 aliphatic carbocycles. The number of benzene rings is 1. The third-order valence-electron chi connectivity index (χ3n) is 2.70. The molecule has 0 aliphatic rings. The average Bonchev–Trinajstić information content (AvgIpc) is 2.77. The molecule has 1 N–H and O–H groups in total. The number of halogens is 1. The molecule has 2 rings (SSSR count). The Morgan fingerprint density at radius 2 is 2.32 bits per heavy atom. The normalized spacial score (nSPS) is 10.4. The first kappa shape index (κ1) is 13.1. The summed E-state index contributed by atoms with van der Waals surface area (Å²) in [6.45, 7) is 2.48. The smallest absolute Gasteiger partial charge is 0.339 e. The highest BCUT2D eigenvalue weighted by Gasteiger charge is 2.15. The highest BCUT2D eigenvalue weighted by atomic mass is 19.1. The number of carboxylic acids is 1. The van der Waals surface area contributed by atoms with E-state index in [1.165, 1.54) is 18.2 Å². The third kappa shape index (κ3) is 2.90. The quantitative estimate of drug-likeness (QED) is 0.898. The Morgan fingerprint density at radius 1 is 1.53 bits per heavy atom. The van der Waals surface area contributed by atoms with Crippen LogP contribution in [0.1, 0.15) is 16.2 Å². The molecule has 1 heterocycles. The van der Waals surface area contributed by atoms with Crippen LogP contribution >= 0.6 is 0 Å². The number of hydrogen-bond acceptors (Lipinski definition) is 3. The van der Waals surface area contributed by atoms with Gasteiger partial charge in [-0.05, 0) is 19.1 Å². The molecule has 0 saturated carbocycles. The molecular weight excluding hydrogens is 251 g/mol. The highest BCUT2D eigenvalue weighted by Crippen LogP contribution is 2.22. The number of aromatic nitrogens is 2. The number of hydrogen-bond donors (Lipinski definition) is 1. The van der Waals surface area contributed by atoms with Crippen molar-refractivity contribution in [2.24, 2.45) is 0 Å². The Morgan fingerprint density at radius 3 is 2.95 bits per heavy atom. The number of carboxylic acid groups (broad SMARTS) is 1. The zero-order chi connectivity index (χ0) is 13.8. The maximum absolute atomic E-state index is 13.5. The van der Waals surface area contributed by atoms with Crippen molar-refractivity contribution in [3.8, 4) is 5.75 Å². The summed E-state index contributed by atoms with van der Waals surface area (Å²) in [7, 11) is 0. The van der Waals surface area contributed by atoms with Gasteiger partial charge in [0.05, 0.1) is 6.54 Å². The van der Waals surface area contributed by atoms with Crippen molar-refractivity contribution in [3.05, 3.63) is 47.8 Å². The molecule has 2 aromatic rings. The first-order valence-corrected chi connectivity index (χ1v) is 5.72. The van der Waals surface area contributed by atoms with Crippen LogP contribution in [0.15, 0.2) is 30.6 Å². The van der Waals surface area contributed by atoms with Crippen LogP contribution in [0.25, 0.3) is 0 Å². The molecule has 0 fully saturated rings. The van der Waals surface area contributed by atoms with Crippen molar-refractivity contribution in [2.75, 3.05) is 6.61 Å². The number of ether oxygens (including phenoxy) is 1.